The van der Waals surface area contributed by atoms with Gasteiger partial charge in [0.15, 0.2) is 0 Å². The number of hydrogen-bond acceptors (Lipinski definition) is 2. The minimum atomic E-state index is 0.123. The maximum absolute atomic E-state index is 12.5. The van der Waals surface area contributed by atoms with E-state index in [0.717, 1.165) is 64.7 Å². The van der Waals surface area contributed by atoms with Crippen LogP contribution in [-0.4, -0.2) is 47.8 Å². The van der Waals surface area contributed by atoms with E-state index >= 15 is 0 Å². The van der Waals surface area contributed by atoms with Gasteiger partial charge in [0.05, 0.1) is 0 Å². The van der Waals surface area contributed by atoms with Gasteiger partial charge in [0.2, 0.25) is 11.8 Å². The minimum absolute atomic E-state index is 0.123. The van der Waals surface area contributed by atoms with Gasteiger partial charge < -0.3 is 9.80 Å². The molecule has 1 fully saturated rings. The summed E-state index contributed by atoms with van der Waals surface area (Å²) in [6, 6.07) is 0. The summed E-state index contributed by atoms with van der Waals surface area (Å²) >= 11 is 0. The Morgan fingerprint density at radius 1 is 1.00 bits per heavy atom. The van der Waals surface area contributed by atoms with E-state index in [2.05, 4.69) is 20.8 Å². The average Bonchev–Trinajstić information content (AvgIpc) is 2.52. The van der Waals surface area contributed by atoms with Crippen LogP contribution in [0.15, 0.2) is 0 Å². The molecule has 4 nitrogen and oxygen atoms in total. The van der Waals surface area contributed by atoms with Crippen molar-refractivity contribution in [2.45, 2.75) is 65.7 Å². The molecule has 0 atom stereocenters. The van der Waals surface area contributed by atoms with Crippen LogP contribution in [0.2, 0.25) is 0 Å². The van der Waals surface area contributed by atoms with E-state index in [0.29, 0.717) is 12.3 Å². The van der Waals surface area contributed by atoms with Crippen molar-refractivity contribution in [2.75, 3.05) is 26.2 Å². The van der Waals surface area contributed by atoms with Gasteiger partial charge in [-0.3, -0.25) is 9.59 Å². The molecular weight excluding hydrogens is 264 g/mol. The number of nitrogens with zero attached hydrogens (tertiary/aromatic N) is 2. The lowest BCUT2D eigenvalue weighted by Crippen LogP contribution is -2.44. The van der Waals surface area contributed by atoms with Gasteiger partial charge in [-0.05, 0) is 32.1 Å². The molecule has 0 N–H and O–H groups in total. The van der Waals surface area contributed by atoms with E-state index in [1.54, 1.807) is 0 Å². The normalized spacial score (nSPS) is 16.0. The molecule has 0 saturated carbocycles. The molecule has 1 aliphatic rings. The number of likely N-dealkylation sites (tertiary alicyclic amines) is 1. The van der Waals surface area contributed by atoms with Crippen LogP contribution < -0.4 is 0 Å². The average molecular weight is 296 g/mol. The zero-order valence-corrected chi connectivity index (χ0v) is 14.1. The van der Waals surface area contributed by atoms with E-state index in [1.165, 1.54) is 0 Å². The molecule has 4 heteroatoms. The molecule has 0 aromatic heterocycles. The number of piperidine rings is 1. The molecule has 1 heterocycles. The van der Waals surface area contributed by atoms with Crippen LogP contribution in [0.1, 0.15) is 65.7 Å². The predicted molar refractivity (Wildman–Crippen MR) is 86.0 cm³/mol. The molecule has 0 bridgehead atoms. The van der Waals surface area contributed by atoms with Crippen molar-refractivity contribution in [1.82, 2.24) is 9.80 Å². The van der Waals surface area contributed by atoms with E-state index in [9.17, 15) is 9.59 Å². The van der Waals surface area contributed by atoms with Gasteiger partial charge in [-0.25, -0.2) is 0 Å². The summed E-state index contributed by atoms with van der Waals surface area (Å²) in [6.45, 7) is 9.57. The molecule has 0 unspecified atom stereocenters. The topological polar surface area (TPSA) is 40.6 Å². The van der Waals surface area contributed by atoms with Crippen molar-refractivity contribution >= 4 is 11.8 Å². The molecule has 0 aromatic rings. The van der Waals surface area contributed by atoms with Gasteiger partial charge in [-0.15, -0.1) is 0 Å². The van der Waals surface area contributed by atoms with Crippen molar-refractivity contribution in [3.05, 3.63) is 0 Å². The largest absolute Gasteiger partial charge is 0.343 e. The Morgan fingerprint density at radius 2 is 1.57 bits per heavy atom. The first-order valence-electron chi connectivity index (χ1n) is 8.70. The summed E-state index contributed by atoms with van der Waals surface area (Å²) in [7, 11) is 0. The summed E-state index contributed by atoms with van der Waals surface area (Å²) in [4.78, 5) is 28.5. The third-order valence-corrected chi connectivity index (χ3v) is 4.24. The van der Waals surface area contributed by atoms with Crippen LogP contribution in [-0.2, 0) is 9.59 Å². The number of amides is 2. The molecule has 0 aliphatic carbocycles. The van der Waals surface area contributed by atoms with E-state index < -0.39 is 0 Å². The molecular formula is C17H32N2O2. The van der Waals surface area contributed by atoms with Gasteiger partial charge in [0, 0.05) is 38.5 Å². The molecule has 21 heavy (non-hydrogen) atoms. The fraction of sp³-hybridized carbons (Fsp3) is 0.882. The predicted octanol–water partition coefficient (Wildman–Crippen LogP) is 3.06. The first kappa shape index (κ1) is 18.0. The summed E-state index contributed by atoms with van der Waals surface area (Å²) in [6.07, 6.45) is 6.39. The third kappa shape index (κ3) is 5.68. The second-order valence-corrected chi connectivity index (χ2v) is 6.08. The van der Waals surface area contributed by atoms with Crippen LogP contribution in [0.4, 0.5) is 0 Å². The van der Waals surface area contributed by atoms with Crippen LogP contribution >= 0.6 is 0 Å². The zero-order valence-electron chi connectivity index (χ0n) is 14.1. The van der Waals surface area contributed by atoms with Crippen LogP contribution in [0, 0.1) is 5.92 Å². The molecule has 2 amide bonds. The first-order chi connectivity index (χ1) is 10.1. The second kappa shape index (κ2) is 9.80. The maximum atomic E-state index is 12.5. The Bertz CT molecular complexity index is 317. The van der Waals surface area contributed by atoms with Crippen molar-refractivity contribution in [3.8, 4) is 0 Å². The van der Waals surface area contributed by atoms with Crippen LogP contribution in [0.5, 0.6) is 0 Å². The maximum Gasteiger partial charge on any atom is 0.225 e. The van der Waals surface area contributed by atoms with Crippen molar-refractivity contribution < 1.29 is 9.59 Å². The fourth-order valence-corrected chi connectivity index (χ4v) is 2.99. The Hall–Kier alpha value is -1.06. The summed E-state index contributed by atoms with van der Waals surface area (Å²) in [5, 5.41) is 0. The van der Waals surface area contributed by atoms with E-state index in [1.807, 2.05) is 9.80 Å². The highest BCUT2D eigenvalue weighted by Gasteiger charge is 2.29. The van der Waals surface area contributed by atoms with Gasteiger partial charge in [0.1, 0.15) is 0 Å². The van der Waals surface area contributed by atoms with Gasteiger partial charge in [-0.1, -0.05) is 27.2 Å². The Morgan fingerprint density at radius 3 is 2.05 bits per heavy atom. The van der Waals surface area contributed by atoms with Gasteiger partial charge in [-0.2, -0.15) is 0 Å². The Balaban J connectivity index is 2.43. The standard InChI is InChI=1S/C17H32N2O2/c1-4-7-8-16(20)18-13-9-15(10-14-18)17(21)19(11-5-2)12-6-3/h15H,4-14H2,1-3H3. The van der Waals surface area contributed by atoms with Gasteiger partial charge >= 0.3 is 0 Å². The van der Waals surface area contributed by atoms with Crippen molar-refractivity contribution in [1.29, 1.82) is 0 Å². The lowest BCUT2D eigenvalue weighted by Gasteiger charge is -2.34. The molecule has 0 radical (unpaired) electrons. The second-order valence-electron chi connectivity index (χ2n) is 6.08. The lowest BCUT2D eigenvalue weighted by atomic mass is 9.94. The number of carbonyl (C=O) groups is 2. The van der Waals surface area contributed by atoms with E-state index in [4.69, 9.17) is 0 Å². The number of unbranched alkanes of at least 4 members (excludes halogenated alkanes) is 1. The molecule has 1 aliphatic heterocycles. The SMILES string of the molecule is CCCCC(=O)N1CCC(C(=O)N(CCC)CCC)CC1. The third-order valence-electron chi connectivity index (χ3n) is 4.24. The molecule has 0 spiro atoms. The Kier molecular flexibility index (Phi) is 8.40. The van der Waals surface area contributed by atoms with Crippen molar-refractivity contribution in [3.63, 3.8) is 0 Å². The molecule has 0 aromatic carbocycles. The highest BCUT2D eigenvalue weighted by atomic mass is 16.2. The molecule has 1 rings (SSSR count). The highest BCUT2D eigenvalue weighted by Crippen LogP contribution is 2.21. The quantitative estimate of drug-likeness (QED) is 0.690. The Labute approximate surface area is 129 Å². The molecule has 1 saturated heterocycles. The smallest absolute Gasteiger partial charge is 0.225 e. The summed E-state index contributed by atoms with van der Waals surface area (Å²) in [5.74, 6) is 0.694. The van der Waals surface area contributed by atoms with Crippen molar-refractivity contribution in [2.24, 2.45) is 5.92 Å². The number of hydrogen-bond donors (Lipinski definition) is 0. The zero-order chi connectivity index (χ0) is 15.7. The summed E-state index contributed by atoms with van der Waals surface area (Å²) in [5.41, 5.74) is 0. The van der Waals surface area contributed by atoms with Crippen LogP contribution in [0.25, 0.3) is 0 Å². The van der Waals surface area contributed by atoms with Gasteiger partial charge in [0.25, 0.3) is 0 Å². The summed E-state index contributed by atoms with van der Waals surface area (Å²) < 4.78 is 0. The molecule has 122 valence electrons. The minimum Gasteiger partial charge on any atom is -0.343 e. The number of carbonyl (C=O) groups excluding carboxylic acids is 2. The lowest BCUT2D eigenvalue weighted by molar-refractivity contribution is -0.140. The monoisotopic (exact) mass is 296 g/mol. The van der Waals surface area contributed by atoms with E-state index in [-0.39, 0.29) is 11.8 Å². The fourth-order valence-electron chi connectivity index (χ4n) is 2.99. The first-order valence-corrected chi connectivity index (χ1v) is 8.70. The highest BCUT2D eigenvalue weighted by molar-refractivity contribution is 5.80. The van der Waals surface area contributed by atoms with Crippen LogP contribution in [0.3, 0.4) is 0 Å². The number of rotatable bonds is 8.